The molecule has 3 aliphatic carbocycles. The van der Waals surface area contributed by atoms with Crippen LogP contribution in [0.15, 0.2) is 70.7 Å². The van der Waals surface area contributed by atoms with Gasteiger partial charge in [-0.3, -0.25) is 14.8 Å². The van der Waals surface area contributed by atoms with E-state index < -0.39 is 0 Å². The Hall–Kier alpha value is -4.12. The van der Waals surface area contributed by atoms with Gasteiger partial charge in [0.15, 0.2) is 0 Å². The average Bonchev–Trinajstić information content (AvgIpc) is 3.74. The van der Waals surface area contributed by atoms with Gasteiger partial charge in [-0.2, -0.15) is 0 Å². The van der Waals surface area contributed by atoms with Crippen molar-refractivity contribution in [1.29, 1.82) is 0 Å². The third-order valence-electron chi connectivity index (χ3n) is 11.3. The van der Waals surface area contributed by atoms with E-state index in [1.807, 2.05) is 30.5 Å². The van der Waals surface area contributed by atoms with Crippen LogP contribution in [0.25, 0.3) is 0 Å². The molecule has 0 aliphatic heterocycles. The molecule has 1 radical (unpaired) electrons. The van der Waals surface area contributed by atoms with Crippen molar-refractivity contribution in [2.45, 2.75) is 129 Å². The molecule has 2 bridgehead atoms. The number of phenolic OH excluding ortho intramolecular Hbond substituents is 2. The number of phenols is 2. The number of hydrogen-bond donors (Lipinski definition) is 2. The summed E-state index contributed by atoms with van der Waals surface area (Å²) in [6.45, 7) is 19.2. The standard InChI is InChI=1S/C48H58N2O4.Co/c1-46(2,3)36-26-35(44(52)40(27-36)48(7,8)9)29-50-42-13-11-10-12-41(42)49-28-34-23-32(25-39(43(34)51)47(4,5)6)15-14-30-17-20-37(21-18-30)54-45(53)38-24-31-16-19-33(38)22-31;/h16-21,23,25-29,31,33,38,41-42,51-52H,10-13,22,24H2,1-9H3;/t31-,33+,38?,41-,42-;/m1./s1. The Bertz CT molecular complexity index is 2030. The minimum atomic E-state index is -0.322. The molecule has 3 aromatic carbocycles. The van der Waals surface area contributed by atoms with Crippen LogP contribution in [0.5, 0.6) is 17.2 Å². The molecule has 3 aromatic rings. The van der Waals surface area contributed by atoms with Crippen LogP contribution in [0, 0.1) is 29.6 Å². The maximum absolute atomic E-state index is 12.8. The third-order valence-corrected chi connectivity index (χ3v) is 11.3. The molecule has 0 saturated heterocycles. The van der Waals surface area contributed by atoms with Crippen molar-refractivity contribution in [3.05, 3.63) is 99.6 Å². The number of benzene rings is 3. The number of aromatic hydroxyl groups is 2. The molecule has 6 rings (SSSR count). The number of ether oxygens (including phenoxy) is 1. The summed E-state index contributed by atoms with van der Waals surface area (Å²) >= 11 is 0. The first kappa shape index (κ1) is 42.0. The van der Waals surface area contributed by atoms with Crippen LogP contribution in [-0.2, 0) is 37.8 Å². The van der Waals surface area contributed by atoms with E-state index >= 15 is 0 Å². The first-order chi connectivity index (χ1) is 25.4. The second-order valence-electron chi connectivity index (χ2n) is 18.7. The fourth-order valence-corrected chi connectivity index (χ4v) is 7.95. The van der Waals surface area contributed by atoms with Gasteiger partial charge in [0.1, 0.15) is 17.2 Å². The molecule has 1 unspecified atom stereocenters. The van der Waals surface area contributed by atoms with Crippen molar-refractivity contribution in [3.8, 4) is 29.1 Å². The molecular weight excluding hydrogens is 727 g/mol. The van der Waals surface area contributed by atoms with E-state index in [9.17, 15) is 15.0 Å². The fraction of sp³-hybridized carbons (Fsp3) is 0.479. The number of aliphatic imine (C=N–C) groups is 2. The van der Waals surface area contributed by atoms with Gasteiger partial charge >= 0.3 is 5.97 Å². The van der Waals surface area contributed by atoms with Gasteiger partial charge in [-0.25, -0.2) is 0 Å². The Morgan fingerprint density at radius 1 is 0.709 bits per heavy atom. The minimum absolute atomic E-state index is 0. The molecule has 0 aromatic heterocycles. The molecule has 55 heavy (non-hydrogen) atoms. The van der Waals surface area contributed by atoms with E-state index in [1.54, 1.807) is 18.3 Å². The number of nitrogens with zero attached hydrogens (tertiary/aromatic N) is 2. The Kier molecular flexibility index (Phi) is 12.6. The van der Waals surface area contributed by atoms with E-state index in [0.717, 1.165) is 66.3 Å². The topological polar surface area (TPSA) is 91.5 Å². The summed E-state index contributed by atoms with van der Waals surface area (Å²) < 4.78 is 5.73. The van der Waals surface area contributed by atoms with E-state index in [0.29, 0.717) is 23.1 Å². The largest absolute Gasteiger partial charge is 0.507 e. The van der Waals surface area contributed by atoms with Gasteiger partial charge in [-0.1, -0.05) is 105 Å². The number of carbonyl (C=O) groups excluding carboxylic acids is 1. The maximum Gasteiger partial charge on any atom is 0.314 e. The number of hydrogen-bond acceptors (Lipinski definition) is 6. The van der Waals surface area contributed by atoms with Gasteiger partial charge in [0.25, 0.3) is 0 Å². The van der Waals surface area contributed by atoms with E-state index in [1.165, 1.54) is 5.56 Å². The first-order valence-corrected chi connectivity index (χ1v) is 19.7. The third kappa shape index (κ3) is 10.0. The fourth-order valence-electron chi connectivity index (χ4n) is 7.95. The Labute approximate surface area is 339 Å². The van der Waals surface area contributed by atoms with Crippen molar-refractivity contribution in [2.24, 2.45) is 27.7 Å². The number of rotatable bonds is 6. The summed E-state index contributed by atoms with van der Waals surface area (Å²) in [4.78, 5) is 22.9. The average molecular weight is 786 g/mol. The van der Waals surface area contributed by atoms with Crippen molar-refractivity contribution in [2.75, 3.05) is 0 Å². The summed E-state index contributed by atoms with van der Waals surface area (Å²) in [7, 11) is 0. The molecule has 5 atom stereocenters. The smallest absolute Gasteiger partial charge is 0.314 e. The second-order valence-corrected chi connectivity index (χ2v) is 18.7. The zero-order valence-electron chi connectivity index (χ0n) is 34.0. The van der Waals surface area contributed by atoms with Crippen LogP contribution in [0.1, 0.15) is 140 Å². The van der Waals surface area contributed by atoms with Gasteiger partial charge in [-0.05, 0) is 102 Å². The van der Waals surface area contributed by atoms with Crippen molar-refractivity contribution in [3.63, 3.8) is 0 Å². The second kappa shape index (κ2) is 16.5. The normalized spacial score (nSPS) is 22.5. The van der Waals surface area contributed by atoms with Crippen LogP contribution in [0.3, 0.4) is 0 Å². The molecule has 3 aliphatic rings. The van der Waals surface area contributed by atoms with Crippen LogP contribution in [0.2, 0.25) is 0 Å². The maximum atomic E-state index is 12.8. The van der Waals surface area contributed by atoms with Crippen molar-refractivity contribution in [1.82, 2.24) is 0 Å². The molecular formula is C48H58CoN2O4. The van der Waals surface area contributed by atoms with Gasteiger partial charge in [0.2, 0.25) is 0 Å². The van der Waals surface area contributed by atoms with Gasteiger partial charge in [-0.15, -0.1) is 0 Å². The van der Waals surface area contributed by atoms with Crippen LogP contribution in [-0.4, -0.2) is 40.7 Å². The minimum Gasteiger partial charge on any atom is -0.507 e. The van der Waals surface area contributed by atoms with Crippen molar-refractivity contribution < 1.29 is 36.5 Å². The summed E-state index contributed by atoms with van der Waals surface area (Å²) in [6, 6.07) is 15.3. The van der Waals surface area contributed by atoms with Crippen LogP contribution in [0.4, 0.5) is 0 Å². The van der Waals surface area contributed by atoms with E-state index in [-0.39, 0.29) is 68.5 Å². The number of esters is 1. The van der Waals surface area contributed by atoms with Gasteiger partial charge < -0.3 is 14.9 Å². The molecule has 0 heterocycles. The predicted molar refractivity (Wildman–Crippen MR) is 220 cm³/mol. The van der Waals surface area contributed by atoms with Crippen LogP contribution >= 0.6 is 0 Å². The monoisotopic (exact) mass is 785 g/mol. The Morgan fingerprint density at radius 2 is 1.25 bits per heavy atom. The van der Waals surface area contributed by atoms with Crippen molar-refractivity contribution >= 4 is 18.4 Å². The Morgan fingerprint density at radius 3 is 1.76 bits per heavy atom. The molecule has 2 fully saturated rings. The molecule has 6 nitrogen and oxygen atoms in total. The number of carbonyl (C=O) groups is 1. The number of allylic oxidation sites excluding steroid dienone is 2. The SMILES string of the molecule is CC(C)(C)c1cc(C=N[C@@H]2CCCC[C@H]2N=Cc2cc(C#Cc3ccc(OC(=O)C4C[C@@H]5C=C[C@H]4C5)cc3)cc(C(C)(C)C)c2O)c(O)c(C(C)(C)C)c1.[Co]. The zero-order chi connectivity index (χ0) is 39.0. The molecule has 2 N–H and O–H groups in total. The molecule has 2 saturated carbocycles. The summed E-state index contributed by atoms with van der Waals surface area (Å²) in [5, 5.41) is 22.8. The molecule has 293 valence electrons. The van der Waals surface area contributed by atoms with E-state index in [2.05, 4.69) is 98.4 Å². The van der Waals surface area contributed by atoms with Gasteiger partial charge in [0.05, 0.1) is 18.0 Å². The summed E-state index contributed by atoms with van der Waals surface area (Å²) in [5.41, 5.74) is 5.22. The zero-order valence-corrected chi connectivity index (χ0v) is 35.0. The molecule has 7 heteroatoms. The quantitative estimate of drug-likeness (QED) is 0.0856. The first-order valence-electron chi connectivity index (χ1n) is 19.7. The number of fused-ring (bicyclic) bond motifs is 2. The predicted octanol–water partition coefficient (Wildman–Crippen LogP) is 10.4. The summed E-state index contributed by atoms with van der Waals surface area (Å²) in [5.74, 6) is 8.21. The summed E-state index contributed by atoms with van der Waals surface area (Å²) in [6.07, 6.45) is 13.9. The molecule has 0 spiro atoms. The van der Waals surface area contributed by atoms with Gasteiger partial charge in [0, 0.05) is 62.6 Å². The van der Waals surface area contributed by atoms with Crippen LogP contribution < -0.4 is 4.74 Å². The Balaban J connectivity index is 0.00000580. The van der Waals surface area contributed by atoms with E-state index in [4.69, 9.17) is 14.7 Å². The molecule has 0 amide bonds.